The Kier molecular flexibility index (Phi) is 6.07. The molecule has 150 valence electrons. The van der Waals surface area contributed by atoms with Crippen LogP contribution in [0.5, 0.6) is 0 Å². The number of hydrogen-bond donors (Lipinski definition) is 1. The molecule has 0 fully saturated rings. The molecule has 2 atom stereocenters. The van der Waals surface area contributed by atoms with Gasteiger partial charge in [-0.05, 0) is 23.6 Å². The van der Waals surface area contributed by atoms with Crippen molar-refractivity contribution in [3.63, 3.8) is 0 Å². The fourth-order valence-corrected chi connectivity index (χ4v) is 3.21. The van der Waals surface area contributed by atoms with Crippen LogP contribution in [0.25, 0.3) is 10.9 Å². The summed E-state index contributed by atoms with van der Waals surface area (Å²) < 4.78 is 1.26. The van der Waals surface area contributed by atoms with Gasteiger partial charge in [0.15, 0.2) is 0 Å². The number of carbonyl (C=O) groups excluding carboxylic acids is 2. The fraction of sp³-hybridized carbons (Fsp3) is 0.273. The standard InChI is InChI=1S/C22H23N3O4/c1-14(2)19(22(28)29)24-20(26)18(12-15-8-4-3-5-9-15)25-13-23-17-11-7-6-10-16(17)21(25)27/h3-11,13-14,18-19H,12H2,1-2H3,(H,24,26)(H,28,29)/p-1/t18-,19-/m0/s1. The predicted octanol–water partition coefficient (Wildman–Crippen LogP) is 1.07. The van der Waals surface area contributed by atoms with E-state index < -0.39 is 24.0 Å². The van der Waals surface area contributed by atoms with Crippen molar-refractivity contribution in [3.05, 3.63) is 76.8 Å². The number of carbonyl (C=O) groups is 2. The van der Waals surface area contributed by atoms with Crippen LogP contribution in [0.4, 0.5) is 0 Å². The third kappa shape index (κ3) is 4.51. The highest BCUT2D eigenvalue weighted by molar-refractivity contribution is 5.86. The molecule has 1 N–H and O–H groups in total. The first-order chi connectivity index (χ1) is 13.9. The SMILES string of the molecule is CC(C)[C@H](NC(=O)[C@H](Cc1ccccc1)n1cnc2ccccc2c1=O)C(=O)[O-]. The topological polar surface area (TPSA) is 104 Å². The Morgan fingerprint density at radius 3 is 2.38 bits per heavy atom. The van der Waals surface area contributed by atoms with Crippen LogP contribution in [0, 0.1) is 5.92 Å². The van der Waals surface area contributed by atoms with Crippen molar-refractivity contribution in [1.29, 1.82) is 0 Å². The Morgan fingerprint density at radius 2 is 1.72 bits per heavy atom. The van der Waals surface area contributed by atoms with E-state index in [1.807, 2.05) is 30.3 Å². The Bertz CT molecular complexity index is 1080. The minimum Gasteiger partial charge on any atom is -0.548 e. The molecule has 7 heteroatoms. The van der Waals surface area contributed by atoms with Crippen molar-refractivity contribution in [2.24, 2.45) is 5.92 Å². The molecule has 0 aliphatic rings. The van der Waals surface area contributed by atoms with Crippen LogP contribution in [-0.4, -0.2) is 27.5 Å². The minimum atomic E-state index is -1.37. The molecule has 1 aromatic heterocycles. The number of rotatable bonds is 7. The van der Waals surface area contributed by atoms with Gasteiger partial charge in [-0.15, -0.1) is 0 Å². The van der Waals surface area contributed by atoms with Crippen molar-refractivity contribution in [2.45, 2.75) is 32.4 Å². The molecule has 0 saturated heterocycles. The van der Waals surface area contributed by atoms with E-state index >= 15 is 0 Å². The Balaban J connectivity index is 2.04. The second kappa shape index (κ2) is 8.68. The van der Waals surface area contributed by atoms with E-state index in [0.29, 0.717) is 10.9 Å². The predicted molar refractivity (Wildman–Crippen MR) is 107 cm³/mol. The molecule has 7 nitrogen and oxygen atoms in total. The van der Waals surface area contributed by atoms with Crippen molar-refractivity contribution in [2.75, 3.05) is 0 Å². The monoisotopic (exact) mass is 392 g/mol. The Labute approximate surface area is 168 Å². The highest BCUT2D eigenvalue weighted by Gasteiger charge is 2.27. The lowest BCUT2D eigenvalue weighted by Crippen LogP contribution is -2.53. The summed E-state index contributed by atoms with van der Waals surface area (Å²) in [4.78, 5) is 41.8. The number of benzene rings is 2. The van der Waals surface area contributed by atoms with Crippen LogP contribution < -0.4 is 16.0 Å². The summed E-state index contributed by atoms with van der Waals surface area (Å²) in [7, 11) is 0. The largest absolute Gasteiger partial charge is 0.548 e. The number of amides is 1. The van der Waals surface area contributed by atoms with Gasteiger partial charge in [-0.3, -0.25) is 14.2 Å². The Hall–Kier alpha value is -3.48. The summed E-state index contributed by atoms with van der Waals surface area (Å²) in [6, 6.07) is 14.0. The molecule has 29 heavy (non-hydrogen) atoms. The minimum absolute atomic E-state index is 0.213. The number of para-hydroxylation sites is 1. The molecule has 0 aliphatic heterocycles. The molecule has 0 spiro atoms. The number of carboxylic acids is 1. The van der Waals surface area contributed by atoms with Gasteiger partial charge in [0.25, 0.3) is 5.56 Å². The van der Waals surface area contributed by atoms with Gasteiger partial charge in [-0.25, -0.2) is 4.98 Å². The Morgan fingerprint density at radius 1 is 1.07 bits per heavy atom. The van der Waals surface area contributed by atoms with Crippen molar-refractivity contribution < 1.29 is 14.7 Å². The number of nitrogens with zero attached hydrogens (tertiary/aromatic N) is 2. The average molecular weight is 392 g/mol. The summed E-state index contributed by atoms with van der Waals surface area (Å²) in [5.74, 6) is -2.31. The van der Waals surface area contributed by atoms with Gasteiger partial charge in [0.05, 0.1) is 29.2 Å². The summed E-state index contributed by atoms with van der Waals surface area (Å²) in [5.41, 5.74) is 1.01. The van der Waals surface area contributed by atoms with Gasteiger partial charge >= 0.3 is 0 Å². The van der Waals surface area contributed by atoms with E-state index in [1.54, 1.807) is 38.1 Å². The maximum absolute atomic E-state index is 13.1. The molecule has 0 aliphatic carbocycles. The first kappa shape index (κ1) is 20.3. The van der Waals surface area contributed by atoms with E-state index in [2.05, 4.69) is 10.3 Å². The zero-order valence-corrected chi connectivity index (χ0v) is 16.2. The molecule has 3 rings (SSSR count). The lowest BCUT2D eigenvalue weighted by atomic mass is 10.0. The molecule has 2 aromatic carbocycles. The molecule has 0 saturated carbocycles. The zero-order chi connectivity index (χ0) is 21.0. The molecule has 0 bridgehead atoms. The van der Waals surface area contributed by atoms with E-state index in [9.17, 15) is 19.5 Å². The van der Waals surface area contributed by atoms with Crippen molar-refractivity contribution in [3.8, 4) is 0 Å². The third-order valence-electron chi connectivity index (χ3n) is 4.82. The quantitative estimate of drug-likeness (QED) is 0.648. The second-order valence-electron chi connectivity index (χ2n) is 7.23. The maximum Gasteiger partial charge on any atom is 0.261 e. The van der Waals surface area contributed by atoms with Crippen LogP contribution in [0.15, 0.2) is 65.7 Å². The van der Waals surface area contributed by atoms with E-state index in [-0.39, 0.29) is 17.9 Å². The highest BCUT2D eigenvalue weighted by atomic mass is 16.4. The van der Waals surface area contributed by atoms with Crippen LogP contribution >= 0.6 is 0 Å². The first-order valence-electron chi connectivity index (χ1n) is 9.39. The van der Waals surface area contributed by atoms with Gasteiger partial charge < -0.3 is 15.2 Å². The summed E-state index contributed by atoms with van der Waals surface area (Å²) in [6.45, 7) is 3.35. The fourth-order valence-electron chi connectivity index (χ4n) is 3.21. The number of carboxylic acid groups (broad SMARTS) is 1. The van der Waals surface area contributed by atoms with Crippen LogP contribution in [0.3, 0.4) is 0 Å². The highest BCUT2D eigenvalue weighted by Crippen LogP contribution is 2.16. The van der Waals surface area contributed by atoms with E-state index in [4.69, 9.17) is 0 Å². The van der Waals surface area contributed by atoms with Gasteiger partial charge in [0, 0.05) is 6.42 Å². The number of hydrogen-bond acceptors (Lipinski definition) is 5. The van der Waals surface area contributed by atoms with Crippen LogP contribution in [-0.2, 0) is 16.0 Å². The smallest absolute Gasteiger partial charge is 0.261 e. The van der Waals surface area contributed by atoms with E-state index in [1.165, 1.54) is 10.9 Å². The van der Waals surface area contributed by atoms with Gasteiger partial charge in [0.2, 0.25) is 5.91 Å². The normalized spacial score (nSPS) is 13.2. The lowest BCUT2D eigenvalue weighted by Gasteiger charge is -2.27. The average Bonchev–Trinajstić information content (AvgIpc) is 2.71. The molecule has 0 radical (unpaired) electrons. The summed E-state index contributed by atoms with van der Waals surface area (Å²) >= 11 is 0. The second-order valence-corrected chi connectivity index (χ2v) is 7.23. The molecule has 3 aromatic rings. The molecular formula is C22H22N3O4-. The van der Waals surface area contributed by atoms with Gasteiger partial charge in [-0.2, -0.15) is 0 Å². The zero-order valence-electron chi connectivity index (χ0n) is 16.2. The molecule has 1 heterocycles. The third-order valence-corrected chi connectivity index (χ3v) is 4.82. The summed E-state index contributed by atoms with van der Waals surface area (Å²) in [5, 5.41) is 14.3. The molecular weight excluding hydrogens is 370 g/mol. The molecule has 0 unspecified atom stereocenters. The maximum atomic E-state index is 13.1. The van der Waals surface area contributed by atoms with Gasteiger partial charge in [0.1, 0.15) is 6.04 Å². The van der Waals surface area contributed by atoms with Crippen molar-refractivity contribution in [1.82, 2.24) is 14.9 Å². The number of aliphatic carboxylic acids is 1. The molecule has 1 amide bonds. The lowest BCUT2D eigenvalue weighted by molar-refractivity contribution is -0.309. The number of aromatic nitrogens is 2. The van der Waals surface area contributed by atoms with Crippen LogP contribution in [0.1, 0.15) is 25.5 Å². The number of nitrogens with one attached hydrogen (secondary N) is 1. The van der Waals surface area contributed by atoms with Gasteiger partial charge in [-0.1, -0.05) is 56.3 Å². The van der Waals surface area contributed by atoms with Crippen molar-refractivity contribution >= 4 is 22.8 Å². The van der Waals surface area contributed by atoms with E-state index in [0.717, 1.165) is 5.56 Å². The first-order valence-corrected chi connectivity index (χ1v) is 9.39. The number of fused-ring (bicyclic) bond motifs is 1. The summed E-state index contributed by atoms with van der Waals surface area (Å²) in [6.07, 6.45) is 1.55. The van der Waals surface area contributed by atoms with Crippen LogP contribution in [0.2, 0.25) is 0 Å².